The van der Waals surface area contributed by atoms with Gasteiger partial charge >= 0.3 is 0 Å². The van der Waals surface area contributed by atoms with Gasteiger partial charge < -0.3 is 14.4 Å². The molecule has 0 atom stereocenters. The molecule has 0 unspecified atom stereocenters. The summed E-state index contributed by atoms with van der Waals surface area (Å²) in [5.74, 6) is 0.464. The zero-order chi connectivity index (χ0) is 23.9. The lowest BCUT2D eigenvalue weighted by Gasteiger charge is -2.21. The van der Waals surface area contributed by atoms with Gasteiger partial charge in [0.1, 0.15) is 12.4 Å². The molecule has 2 rings (SSSR count). The lowest BCUT2D eigenvalue weighted by atomic mass is 10.1. The number of rotatable bonds is 11. The van der Waals surface area contributed by atoms with Crippen LogP contribution in [0.1, 0.15) is 29.2 Å². The number of aryl methyl sites for hydroxylation is 3. The summed E-state index contributed by atoms with van der Waals surface area (Å²) in [6.45, 7) is 6.25. The van der Waals surface area contributed by atoms with Gasteiger partial charge in [0.25, 0.3) is 0 Å². The van der Waals surface area contributed by atoms with E-state index in [9.17, 15) is 13.2 Å². The van der Waals surface area contributed by atoms with Crippen molar-refractivity contribution in [1.29, 1.82) is 0 Å². The van der Waals surface area contributed by atoms with Crippen LogP contribution in [0.5, 0.6) is 5.75 Å². The lowest BCUT2D eigenvalue weighted by Crippen LogP contribution is -2.33. The minimum atomic E-state index is -3.69. The molecule has 1 amide bonds. The van der Waals surface area contributed by atoms with Gasteiger partial charge in [-0.05, 0) is 54.7 Å². The topological polar surface area (TPSA) is 76.2 Å². The minimum Gasteiger partial charge on any atom is -0.497 e. The first-order valence-electron chi connectivity index (χ1n) is 10.6. The maximum atomic E-state index is 13.0. The van der Waals surface area contributed by atoms with Gasteiger partial charge in [-0.15, -0.1) is 0 Å². The molecule has 0 spiro atoms. The van der Waals surface area contributed by atoms with Crippen LogP contribution in [0.25, 0.3) is 0 Å². The van der Waals surface area contributed by atoms with Crippen LogP contribution in [-0.4, -0.2) is 64.5 Å². The van der Waals surface area contributed by atoms with Crippen LogP contribution in [0.15, 0.2) is 41.3 Å². The Balaban J connectivity index is 1.86. The Morgan fingerprint density at radius 1 is 1.00 bits per heavy atom. The fourth-order valence-corrected chi connectivity index (χ4v) is 4.97. The molecule has 0 N–H and O–H groups in total. The molecule has 32 heavy (non-hydrogen) atoms. The van der Waals surface area contributed by atoms with E-state index in [-0.39, 0.29) is 30.6 Å². The number of benzene rings is 2. The summed E-state index contributed by atoms with van der Waals surface area (Å²) >= 11 is 0. The summed E-state index contributed by atoms with van der Waals surface area (Å²) in [7, 11) is 1.10. The Morgan fingerprint density at radius 2 is 1.56 bits per heavy atom. The van der Waals surface area contributed by atoms with Crippen molar-refractivity contribution in [2.45, 2.75) is 38.6 Å². The van der Waals surface area contributed by atoms with E-state index in [0.29, 0.717) is 23.4 Å². The number of methoxy groups -OCH3 is 1. The number of ether oxygens (including phenoxy) is 2. The molecule has 176 valence electrons. The molecule has 0 saturated carbocycles. The first-order valence-corrected chi connectivity index (χ1v) is 12.0. The summed E-state index contributed by atoms with van der Waals surface area (Å²) in [5, 5.41) is 0. The van der Waals surface area contributed by atoms with Crippen LogP contribution in [0.3, 0.4) is 0 Å². The summed E-state index contributed by atoms with van der Waals surface area (Å²) < 4.78 is 38.0. The second-order valence-electron chi connectivity index (χ2n) is 7.89. The van der Waals surface area contributed by atoms with Crippen LogP contribution < -0.4 is 4.74 Å². The maximum absolute atomic E-state index is 13.0. The normalized spacial score (nSPS) is 11.6. The van der Waals surface area contributed by atoms with Crippen molar-refractivity contribution in [3.63, 3.8) is 0 Å². The van der Waals surface area contributed by atoms with Crippen LogP contribution in [0.2, 0.25) is 0 Å². The van der Waals surface area contributed by atoms with E-state index >= 15 is 0 Å². The van der Waals surface area contributed by atoms with Crippen molar-refractivity contribution < 1.29 is 22.7 Å². The largest absolute Gasteiger partial charge is 0.497 e. The first kappa shape index (κ1) is 25.8. The zero-order valence-corrected chi connectivity index (χ0v) is 20.7. The van der Waals surface area contributed by atoms with Gasteiger partial charge in [0.05, 0.1) is 18.6 Å². The highest BCUT2D eigenvalue weighted by Gasteiger charge is 2.25. The van der Waals surface area contributed by atoms with Crippen molar-refractivity contribution in [2.24, 2.45) is 0 Å². The molecule has 8 heteroatoms. The SMILES string of the molecule is CCc1ccc(CN(C)C(=O)COCCN(C)S(=O)(=O)c2c(C)cc(OC)cc2C)cc1. The number of hydrogen-bond donors (Lipinski definition) is 0. The third-order valence-corrected chi connectivity index (χ3v) is 7.55. The predicted molar refractivity (Wildman–Crippen MR) is 125 cm³/mol. The summed E-state index contributed by atoms with van der Waals surface area (Å²) in [4.78, 5) is 14.2. The standard InChI is InChI=1S/C24H34N2O5S/c1-7-20-8-10-21(11-9-20)16-25(4)23(27)17-31-13-12-26(5)32(28,29)24-18(2)14-22(30-6)15-19(24)3/h8-11,14-15H,7,12-13,16-17H2,1-6H3. The molecule has 0 bridgehead atoms. The van der Waals surface area contributed by atoms with Crippen molar-refractivity contribution in [2.75, 3.05) is 41.0 Å². The van der Waals surface area contributed by atoms with Crippen LogP contribution in [0, 0.1) is 13.8 Å². The maximum Gasteiger partial charge on any atom is 0.248 e. The monoisotopic (exact) mass is 462 g/mol. The predicted octanol–water partition coefficient (Wildman–Crippen LogP) is 3.17. The van der Waals surface area contributed by atoms with E-state index in [4.69, 9.17) is 9.47 Å². The molecule has 0 radical (unpaired) electrons. The van der Waals surface area contributed by atoms with Crippen molar-refractivity contribution >= 4 is 15.9 Å². The van der Waals surface area contributed by atoms with E-state index in [0.717, 1.165) is 12.0 Å². The van der Waals surface area contributed by atoms with E-state index in [1.165, 1.54) is 16.9 Å². The quantitative estimate of drug-likeness (QED) is 0.480. The van der Waals surface area contributed by atoms with Gasteiger partial charge in [-0.2, -0.15) is 4.31 Å². The molecule has 0 aliphatic carbocycles. The molecule has 0 aromatic heterocycles. The second kappa shape index (κ2) is 11.4. The van der Waals surface area contributed by atoms with Gasteiger partial charge in [-0.3, -0.25) is 4.79 Å². The average molecular weight is 463 g/mol. The molecular formula is C24H34N2O5S. The van der Waals surface area contributed by atoms with Crippen LogP contribution >= 0.6 is 0 Å². The number of carbonyl (C=O) groups excluding carboxylic acids is 1. The minimum absolute atomic E-state index is 0.0992. The van der Waals surface area contributed by atoms with Gasteiger partial charge in [0.15, 0.2) is 0 Å². The highest BCUT2D eigenvalue weighted by Crippen LogP contribution is 2.27. The number of nitrogens with zero attached hydrogens (tertiary/aromatic N) is 2. The smallest absolute Gasteiger partial charge is 0.248 e. The van der Waals surface area contributed by atoms with Crippen LogP contribution in [0.4, 0.5) is 0 Å². The fourth-order valence-electron chi connectivity index (χ4n) is 3.42. The Kier molecular flexibility index (Phi) is 9.24. The second-order valence-corrected chi connectivity index (χ2v) is 9.87. The number of hydrogen-bond acceptors (Lipinski definition) is 5. The Bertz CT molecular complexity index is 996. The van der Waals surface area contributed by atoms with Gasteiger partial charge in [0, 0.05) is 27.2 Å². The average Bonchev–Trinajstić information content (AvgIpc) is 2.75. The van der Waals surface area contributed by atoms with Gasteiger partial charge in [0.2, 0.25) is 15.9 Å². The number of amides is 1. The highest BCUT2D eigenvalue weighted by molar-refractivity contribution is 7.89. The van der Waals surface area contributed by atoms with Gasteiger partial charge in [-0.25, -0.2) is 8.42 Å². The molecule has 0 fully saturated rings. The molecule has 0 heterocycles. The Labute approximate surface area is 192 Å². The third kappa shape index (κ3) is 6.54. The van der Waals surface area contributed by atoms with Crippen molar-refractivity contribution in [3.8, 4) is 5.75 Å². The summed E-state index contributed by atoms with van der Waals surface area (Å²) in [6, 6.07) is 11.6. The van der Waals surface area contributed by atoms with E-state index in [1.54, 1.807) is 45.0 Å². The van der Waals surface area contributed by atoms with E-state index < -0.39 is 10.0 Å². The molecule has 0 aliphatic rings. The number of carbonyl (C=O) groups is 1. The first-order chi connectivity index (χ1) is 15.1. The lowest BCUT2D eigenvalue weighted by molar-refractivity contribution is -0.135. The summed E-state index contributed by atoms with van der Waals surface area (Å²) in [5.41, 5.74) is 3.55. The Hall–Kier alpha value is -2.42. The molecule has 2 aromatic rings. The van der Waals surface area contributed by atoms with Crippen molar-refractivity contribution in [1.82, 2.24) is 9.21 Å². The zero-order valence-electron chi connectivity index (χ0n) is 19.8. The van der Waals surface area contributed by atoms with Gasteiger partial charge in [-0.1, -0.05) is 31.2 Å². The Morgan fingerprint density at radius 3 is 2.09 bits per heavy atom. The molecule has 2 aromatic carbocycles. The van der Waals surface area contributed by atoms with E-state index in [2.05, 4.69) is 19.1 Å². The fraction of sp³-hybridized carbons (Fsp3) is 0.458. The summed E-state index contributed by atoms with van der Waals surface area (Å²) in [6.07, 6.45) is 0.977. The van der Waals surface area contributed by atoms with E-state index in [1.807, 2.05) is 12.1 Å². The molecule has 0 aliphatic heterocycles. The van der Waals surface area contributed by atoms with Crippen molar-refractivity contribution in [3.05, 3.63) is 58.7 Å². The third-order valence-electron chi connectivity index (χ3n) is 5.39. The number of likely N-dealkylation sites (N-methyl/N-ethyl adjacent to an activating group) is 2. The number of sulfonamides is 1. The molecule has 0 saturated heterocycles. The highest BCUT2D eigenvalue weighted by atomic mass is 32.2. The molecule has 7 nitrogen and oxygen atoms in total. The van der Waals surface area contributed by atoms with Crippen LogP contribution in [-0.2, 0) is 32.5 Å². The molecular weight excluding hydrogens is 428 g/mol.